The molecule has 14 heteroatoms. The number of esters is 2. The first-order chi connectivity index (χ1) is 22.1. The first-order valence-electron chi connectivity index (χ1n) is 16.5. The number of carbonyl (C=O) groups is 2. The van der Waals surface area contributed by atoms with Gasteiger partial charge in [0.1, 0.15) is 11.1 Å². The monoisotopic (exact) mass is 660 g/mol. The van der Waals surface area contributed by atoms with E-state index in [4.69, 9.17) is 14.7 Å². The summed E-state index contributed by atoms with van der Waals surface area (Å²) < 4.78 is 15.5. The lowest BCUT2D eigenvalue weighted by Crippen LogP contribution is -2.46. The summed E-state index contributed by atoms with van der Waals surface area (Å²) in [5.74, 6) is 2.02. The summed E-state index contributed by atoms with van der Waals surface area (Å²) in [6.45, 7) is 0.0609. The van der Waals surface area contributed by atoms with Gasteiger partial charge in [-0.05, 0) is 142 Å². The zero-order valence-corrected chi connectivity index (χ0v) is 26.5. The first kappa shape index (κ1) is 31.8. The van der Waals surface area contributed by atoms with E-state index >= 15 is 0 Å². The molecule has 13 nitrogen and oxygen atoms in total. The zero-order valence-electron chi connectivity index (χ0n) is 25.7. The normalized spacial score (nSPS) is 34.9. The second-order valence-electron chi connectivity index (χ2n) is 15.3. The van der Waals surface area contributed by atoms with Crippen molar-refractivity contribution in [2.24, 2.45) is 46.3 Å². The van der Waals surface area contributed by atoms with Gasteiger partial charge in [-0.15, -0.1) is 4.33 Å². The zero-order chi connectivity index (χ0) is 32.2. The Morgan fingerprint density at radius 2 is 1.07 bits per heavy atom. The molecule has 46 heavy (non-hydrogen) atoms. The predicted molar refractivity (Wildman–Crippen MR) is 161 cm³/mol. The smallest absolute Gasteiger partial charge is 0.345 e. The summed E-state index contributed by atoms with van der Waals surface area (Å²) >= 11 is -0.0528. The second-order valence-corrected chi connectivity index (χ2v) is 16.1. The molecule has 0 amide bonds. The Bertz CT molecular complexity index is 1260. The van der Waals surface area contributed by atoms with Gasteiger partial charge in [0.05, 0.1) is 35.1 Å². The molecule has 8 saturated carbocycles. The van der Waals surface area contributed by atoms with Crippen molar-refractivity contribution in [3.8, 4) is 0 Å². The minimum Gasteiger partial charge on any atom is -0.462 e. The van der Waals surface area contributed by atoms with Gasteiger partial charge in [-0.1, -0.05) is 5.04 Å². The number of ether oxygens (including phenoxy) is 2. The van der Waals surface area contributed by atoms with Gasteiger partial charge in [0.2, 0.25) is 0 Å². The van der Waals surface area contributed by atoms with Crippen molar-refractivity contribution in [1.29, 1.82) is 0 Å². The minimum absolute atomic E-state index is 0.0305. The van der Waals surface area contributed by atoms with Crippen molar-refractivity contribution >= 4 is 35.4 Å². The third kappa shape index (κ3) is 6.01. The molecule has 0 aromatic heterocycles. The molecular weight excluding hydrogens is 620 g/mol. The summed E-state index contributed by atoms with van der Waals surface area (Å²) in [5, 5.41) is 36.8. The van der Waals surface area contributed by atoms with E-state index in [0.29, 0.717) is 48.3 Å². The van der Waals surface area contributed by atoms with Crippen molar-refractivity contribution in [2.75, 3.05) is 13.2 Å². The Labute approximate surface area is 270 Å². The Balaban J connectivity index is 1.11. The summed E-state index contributed by atoms with van der Waals surface area (Å²) in [7, 11) is 0. The van der Waals surface area contributed by atoms with E-state index < -0.39 is 49.2 Å². The molecule has 250 valence electrons. The summed E-state index contributed by atoms with van der Waals surface area (Å²) in [6, 6.07) is 0.820. The fraction of sp³-hybridized carbons (Fsp3) is 0.750. The highest BCUT2D eigenvalue weighted by molar-refractivity contribution is 7.94. The van der Waals surface area contributed by atoms with Crippen LogP contribution in [0.25, 0.3) is 0 Å². The molecule has 8 aliphatic rings. The van der Waals surface area contributed by atoms with Crippen LogP contribution >= 0.6 is 12.0 Å². The van der Waals surface area contributed by atoms with E-state index in [1.165, 1.54) is 38.5 Å². The highest BCUT2D eigenvalue weighted by atomic mass is 32.2. The Morgan fingerprint density at radius 1 is 0.717 bits per heavy atom. The number of hydrogen-bond acceptors (Lipinski definition) is 12. The van der Waals surface area contributed by atoms with Gasteiger partial charge in [-0.25, -0.2) is 14.8 Å². The third-order valence-electron chi connectivity index (χ3n) is 12.2. The van der Waals surface area contributed by atoms with E-state index in [1.54, 1.807) is 0 Å². The molecule has 8 fully saturated rings. The number of rotatable bonds is 13. The highest BCUT2D eigenvalue weighted by Gasteiger charge is 2.52. The van der Waals surface area contributed by atoms with E-state index in [2.05, 4.69) is 9.37 Å². The van der Waals surface area contributed by atoms with Crippen LogP contribution in [0.5, 0.6) is 0 Å². The van der Waals surface area contributed by atoms with Crippen LogP contribution in [-0.4, -0.2) is 40.3 Å². The number of carbonyl (C=O) groups excluding carboxylic acids is 2. The molecule has 8 bridgehead atoms. The number of nitrogens with zero attached hydrogens (tertiary/aromatic N) is 2. The Kier molecular flexibility index (Phi) is 8.52. The van der Waals surface area contributed by atoms with Gasteiger partial charge in [0.25, 0.3) is 0 Å². The van der Waals surface area contributed by atoms with Crippen molar-refractivity contribution in [3.63, 3.8) is 0 Å². The largest absolute Gasteiger partial charge is 0.462 e. The lowest BCUT2D eigenvalue weighted by molar-refractivity contribution is -0.433. The molecule has 0 aliphatic heterocycles. The van der Waals surface area contributed by atoms with Gasteiger partial charge in [0, 0.05) is 0 Å². The van der Waals surface area contributed by atoms with Crippen molar-refractivity contribution in [3.05, 3.63) is 37.4 Å². The van der Waals surface area contributed by atoms with Crippen LogP contribution in [0.15, 0.2) is 11.0 Å². The highest BCUT2D eigenvalue weighted by Crippen LogP contribution is 2.62. The van der Waals surface area contributed by atoms with Crippen LogP contribution in [0.4, 0.5) is 11.4 Å². The SMILES string of the molecule is O=C(OCCC12CC3CC(CC(C3)C1)C2)c1cc(C(=O)OCCC23CC4CC(CC(C4)C2)C3)c([N+](=O)[O-])c(SOOO)c1[N+](=O)[O-]. The summed E-state index contributed by atoms with van der Waals surface area (Å²) in [4.78, 5) is 48.6. The second kappa shape index (κ2) is 12.3. The Morgan fingerprint density at radius 3 is 1.37 bits per heavy atom. The molecule has 0 saturated heterocycles. The maximum atomic E-state index is 13.4. The van der Waals surface area contributed by atoms with E-state index in [9.17, 15) is 29.8 Å². The average molecular weight is 661 g/mol. The van der Waals surface area contributed by atoms with Crippen LogP contribution < -0.4 is 0 Å². The van der Waals surface area contributed by atoms with E-state index in [-0.39, 0.29) is 36.1 Å². The molecule has 0 unspecified atom stereocenters. The van der Waals surface area contributed by atoms with Gasteiger partial charge >= 0.3 is 23.3 Å². The summed E-state index contributed by atoms with van der Waals surface area (Å²) in [6.07, 6.45) is 15.4. The lowest BCUT2D eigenvalue weighted by atomic mass is 9.49. The maximum Gasteiger partial charge on any atom is 0.345 e. The van der Waals surface area contributed by atoms with Gasteiger partial charge in [-0.2, -0.15) is 0 Å². The van der Waals surface area contributed by atoms with Crippen molar-refractivity contribution in [1.82, 2.24) is 0 Å². The lowest BCUT2D eigenvalue weighted by Gasteiger charge is -2.57. The molecule has 0 spiro atoms. The van der Waals surface area contributed by atoms with Gasteiger partial charge in [0.15, 0.2) is 4.90 Å². The molecule has 9 rings (SSSR count). The number of nitro benzene ring substituents is 2. The van der Waals surface area contributed by atoms with Crippen LogP contribution in [-0.2, 0) is 18.8 Å². The standard InChI is InChI=1S/C32H40N2O11S/c35-29(42-3-1-31-12-18-5-19(13-31)7-20(6-18)14-31)24-11-25(27(34(39)40)28(46-45-44-41)26(24)33(37)38)30(36)43-4-2-32-15-21-8-22(16-32)10-23(9-21)17-32/h11,18-23,41H,1-10,12-17H2. The molecule has 1 N–H and O–H groups in total. The molecule has 8 aliphatic carbocycles. The molecule has 0 heterocycles. The quantitative estimate of drug-likeness (QED) is 0.0727. The first-order valence-corrected chi connectivity index (χ1v) is 17.3. The maximum absolute atomic E-state index is 13.4. The fourth-order valence-corrected chi connectivity index (χ4v) is 12.1. The number of hydrogen-bond donors (Lipinski definition) is 1. The van der Waals surface area contributed by atoms with E-state index in [0.717, 1.165) is 44.6 Å². The van der Waals surface area contributed by atoms with Crippen LogP contribution in [0, 0.1) is 66.6 Å². The predicted octanol–water partition coefficient (Wildman–Crippen LogP) is 7.46. The fourth-order valence-electron chi connectivity index (χ4n) is 11.5. The van der Waals surface area contributed by atoms with Gasteiger partial charge in [-0.3, -0.25) is 20.2 Å². The minimum atomic E-state index is -1.08. The van der Waals surface area contributed by atoms with Crippen molar-refractivity contribution < 1.29 is 43.5 Å². The van der Waals surface area contributed by atoms with Crippen LogP contribution in [0.2, 0.25) is 0 Å². The molecular formula is C32H40N2O11S. The van der Waals surface area contributed by atoms with Crippen LogP contribution in [0.1, 0.15) is 111 Å². The number of benzene rings is 1. The van der Waals surface area contributed by atoms with Gasteiger partial charge < -0.3 is 9.47 Å². The van der Waals surface area contributed by atoms with Crippen molar-refractivity contribution in [2.45, 2.75) is 94.8 Å². The average Bonchev–Trinajstić information content (AvgIpc) is 2.97. The molecule has 1 aromatic carbocycles. The van der Waals surface area contributed by atoms with Crippen LogP contribution in [0.3, 0.4) is 0 Å². The molecule has 1 aromatic rings. The topological polar surface area (TPSA) is 178 Å². The Hall–Kier alpha value is -2.81. The molecule has 0 radical (unpaired) electrons. The molecule has 0 atom stereocenters. The number of nitro groups is 2. The third-order valence-corrected chi connectivity index (χ3v) is 12.9. The summed E-state index contributed by atoms with van der Waals surface area (Å²) in [5.41, 5.74) is -3.07. The van der Waals surface area contributed by atoms with E-state index in [1.807, 2.05) is 0 Å².